The lowest BCUT2D eigenvalue weighted by Crippen LogP contribution is -2.41. The van der Waals surface area contributed by atoms with Crippen molar-refractivity contribution >= 4 is 11.9 Å². The molecule has 0 bridgehead atoms. The molecule has 284 valence electrons. The lowest BCUT2D eigenvalue weighted by Gasteiger charge is -2.33. The highest BCUT2D eigenvalue weighted by Crippen LogP contribution is 2.25. The average Bonchev–Trinajstić information content (AvgIpc) is 3.85. The summed E-state index contributed by atoms with van der Waals surface area (Å²) in [4.78, 5) is 27.2. The highest BCUT2D eigenvalue weighted by atomic mass is 16.5. The van der Waals surface area contributed by atoms with Crippen molar-refractivity contribution in [3.8, 4) is 11.5 Å². The quantitative estimate of drug-likeness (QED) is 0.107. The number of esters is 1. The minimum absolute atomic E-state index is 0.0195. The molecule has 0 spiro atoms. The molecule has 3 heterocycles. The van der Waals surface area contributed by atoms with Crippen molar-refractivity contribution in [2.75, 3.05) is 19.7 Å². The summed E-state index contributed by atoms with van der Waals surface area (Å²) in [6.45, 7) is 9.52. The van der Waals surface area contributed by atoms with Crippen molar-refractivity contribution in [3.63, 3.8) is 0 Å². The second-order valence-corrected chi connectivity index (χ2v) is 13.1. The van der Waals surface area contributed by atoms with Crippen LogP contribution in [0.4, 0.5) is 0 Å². The Morgan fingerprint density at radius 1 is 0.727 bits per heavy atom. The third-order valence-electron chi connectivity index (χ3n) is 9.26. The van der Waals surface area contributed by atoms with E-state index in [1.165, 1.54) is 5.56 Å². The molecule has 0 unspecified atom stereocenters. The number of amides is 1. The van der Waals surface area contributed by atoms with E-state index in [-0.39, 0.29) is 30.6 Å². The number of aromatic nitrogens is 4. The van der Waals surface area contributed by atoms with E-state index in [9.17, 15) is 9.59 Å². The molecular formula is C44H48N6O5. The van der Waals surface area contributed by atoms with Crippen molar-refractivity contribution in [2.24, 2.45) is 0 Å². The van der Waals surface area contributed by atoms with Gasteiger partial charge in [-0.2, -0.15) is 10.2 Å². The second-order valence-electron chi connectivity index (χ2n) is 13.1. The topological polar surface area (TPSA) is 113 Å². The van der Waals surface area contributed by atoms with E-state index in [0.29, 0.717) is 56.5 Å². The largest absolute Gasteiger partial charge is 0.487 e. The van der Waals surface area contributed by atoms with Crippen LogP contribution in [0.1, 0.15) is 76.3 Å². The van der Waals surface area contributed by atoms with Gasteiger partial charge in [0.25, 0.3) is 5.91 Å². The smallest absolute Gasteiger partial charge is 0.356 e. The van der Waals surface area contributed by atoms with Crippen LogP contribution in [0.3, 0.4) is 0 Å². The first-order chi connectivity index (χ1) is 26.9. The standard InChI is InChI=1S/C23H27N3O3.C21H21N3O2/c1-3-28-23(27)22-16-20(17-29-21-12-8-5-9-13-21)25-26(22)15-14-24-18(2)19-10-6-4-7-11-19;1-16(17-8-4-2-5-9-17)23-12-13-24-20(21(23)25)14-18(22-24)15-26-19-10-6-3-7-11-19/h4-13,16,18,24H,3,14-15,17H2,1-2H3;2-11,14,16H,12-13,15H2,1H3/t18-;16-/m11/s1. The number of benzene rings is 4. The zero-order valence-corrected chi connectivity index (χ0v) is 31.6. The summed E-state index contributed by atoms with van der Waals surface area (Å²) in [5.41, 5.74) is 4.88. The Bertz CT molecular complexity index is 2090. The molecule has 6 aromatic rings. The van der Waals surface area contributed by atoms with Crippen molar-refractivity contribution < 1.29 is 23.8 Å². The lowest BCUT2D eigenvalue weighted by atomic mass is 10.1. The first-order valence-corrected chi connectivity index (χ1v) is 18.7. The van der Waals surface area contributed by atoms with Crippen molar-refractivity contribution in [3.05, 3.63) is 167 Å². The highest BCUT2D eigenvalue weighted by molar-refractivity contribution is 5.93. The van der Waals surface area contributed by atoms with Crippen LogP contribution in [0.5, 0.6) is 11.5 Å². The molecule has 1 aliphatic rings. The van der Waals surface area contributed by atoms with Crippen molar-refractivity contribution in [2.45, 2.75) is 59.2 Å². The van der Waals surface area contributed by atoms with Gasteiger partial charge in [0.1, 0.15) is 47.5 Å². The molecule has 55 heavy (non-hydrogen) atoms. The summed E-state index contributed by atoms with van der Waals surface area (Å²) in [7, 11) is 0. The summed E-state index contributed by atoms with van der Waals surface area (Å²) in [5.74, 6) is 1.20. The molecule has 0 saturated heterocycles. The van der Waals surface area contributed by atoms with E-state index >= 15 is 0 Å². The van der Waals surface area contributed by atoms with E-state index in [1.54, 1.807) is 22.4 Å². The van der Waals surface area contributed by atoms with Crippen LogP contribution in [0, 0.1) is 0 Å². The summed E-state index contributed by atoms with van der Waals surface area (Å²) >= 11 is 0. The Hall–Kier alpha value is -6.20. The van der Waals surface area contributed by atoms with Crippen LogP contribution in [0.15, 0.2) is 133 Å². The minimum atomic E-state index is -0.373. The zero-order chi connectivity index (χ0) is 38.4. The third-order valence-corrected chi connectivity index (χ3v) is 9.26. The lowest BCUT2D eigenvalue weighted by molar-refractivity contribution is 0.0511. The number of hydrogen-bond donors (Lipinski definition) is 1. The second kappa shape index (κ2) is 19.2. The van der Waals surface area contributed by atoms with E-state index in [0.717, 1.165) is 22.8 Å². The predicted molar refractivity (Wildman–Crippen MR) is 211 cm³/mol. The monoisotopic (exact) mass is 740 g/mol. The maximum absolute atomic E-state index is 12.9. The number of carbonyl (C=O) groups excluding carboxylic acids is 2. The van der Waals surface area contributed by atoms with Gasteiger partial charge in [0.05, 0.1) is 25.7 Å². The van der Waals surface area contributed by atoms with Gasteiger partial charge >= 0.3 is 5.97 Å². The number of hydrogen-bond acceptors (Lipinski definition) is 8. The molecule has 1 N–H and O–H groups in total. The average molecular weight is 741 g/mol. The SMILES string of the molecule is CCOC(=O)c1cc(COc2ccccc2)nn1CCN[C@H](C)c1ccccc1.C[C@H](c1ccccc1)N1CCn2nc(COc3ccccc3)cc2C1=O. The molecular weight excluding hydrogens is 693 g/mol. The van der Waals surface area contributed by atoms with Gasteiger partial charge in [0, 0.05) is 19.1 Å². The molecule has 0 radical (unpaired) electrons. The van der Waals surface area contributed by atoms with Crippen LogP contribution < -0.4 is 14.8 Å². The molecule has 7 rings (SSSR count). The predicted octanol–water partition coefficient (Wildman–Crippen LogP) is 7.67. The Labute approximate surface area is 322 Å². The Kier molecular flexibility index (Phi) is 13.5. The fraction of sp³-hybridized carbons (Fsp3) is 0.273. The minimum Gasteiger partial charge on any atom is -0.487 e. The number of nitrogens with zero attached hydrogens (tertiary/aromatic N) is 5. The van der Waals surface area contributed by atoms with Crippen molar-refractivity contribution in [1.82, 2.24) is 29.8 Å². The van der Waals surface area contributed by atoms with Gasteiger partial charge in [0.2, 0.25) is 0 Å². The Morgan fingerprint density at radius 2 is 1.27 bits per heavy atom. The van der Waals surface area contributed by atoms with Gasteiger partial charge in [-0.3, -0.25) is 14.2 Å². The maximum Gasteiger partial charge on any atom is 0.356 e. The maximum atomic E-state index is 12.9. The number of carbonyl (C=O) groups is 2. The fourth-order valence-electron chi connectivity index (χ4n) is 6.29. The van der Waals surface area contributed by atoms with Crippen molar-refractivity contribution in [1.29, 1.82) is 0 Å². The Morgan fingerprint density at radius 3 is 1.85 bits per heavy atom. The van der Waals surface area contributed by atoms with Crippen LogP contribution in [0.2, 0.25) is 0 Å². The van der Waals surface area contributed by atoms with Gasteiger partial charge < -0.3 is 24.4 Å². The molecule has 2 atom stereocenters. The van der Waals surface area contributed by atoms with Crippen LogP contribution >= 0.6 is 0 Å². The van der Waals surface area contributed by atoms with E-state index in [2.05, 4.69) is 53.6 Å². The van der Waals surface area contributed by atoms with Crippen LogP contribution in [0.25, 0.3) is 0 Å². The fourth-order valence-corrected chi connectivity index (χ4v) is 6.29. The molecule has 0 fully saturated rings. The summed E-state index contributed by atoms with van der Waals surface area (Å²) in [6, 6.07) is 43.3. The molecule has 2 aromatic heterocycles. The van der Waals surface area contributed by atoms with E-state index < -0.39 is 0 Å². The van der Waals surface area contributed by atoms with Gasteiger partial charge in [-0.15, -0.1) is 0 Å². The molecule has 1 aliphatic heterocycles. The molecule has 11 heteroatoms. The zero-order valence-electron chi connectivity index (χ0n) is 31.6. The summed E-state index contributed by atoms with van der Waals surface area (Å²) in [6.07, 6.45) is 0. The molecule has 1 amide bonds. The first kappa shape index (κ1) is 38.5. The number of nitrogens with one attached hydrogen (secondary N) is 1. The Balaban J connectivity index is 0.000000188. The van der Waals surface area contributed by atoms with Crippen LogP contribution in [-0.4, -0.2) is 56.0 Å². The number of fused-ring (bicyclic) bond motifs is 1. The summed E-state index contributed by atoms with van der Waals surface area (Å²) in [5, 5.41) is 12.5. The molecule has 11 nitrogen and oxygen atoms in total. The molecule has 0 saturated carbocycles. The number of rotatable bonds is 15. The van der Waals surface area contributed by atoms with E-state index in [4.69, 9.17) is 14.2 Å². The first-order valence-electron chi connectivity index (χ1n) is 18.7. The molecule has 4 aromatic carbocycles. The number of ether oxygens (including phenoxy) is 3. The number of para-hydroxylation sites is 2. The third kappa shape index (κ3) is 10.5. The van der Waals surface area contributed by atoms with E-state index in [1.807, 2.05) is 108 Å². The van der Waals surface area contributed by atoms with Gasteiger partial charge in [-0.1, -0.05) is 97.1 Å². The van der Waals surface area contributed by atoms with Gasteiger partial charge in [-0.25, -0.2) is 4.79 Å². The molecule has 0 aliphatic carbocycles. The highest BCUT2D eigenvalue weighted by Gasteiger charge is 2.30. The van der Waals surface area contributed by atoms with Gasteiger partial charge in [0.15, 0.2) is 0 Å². The summed E-state index contributed by atoms with van der Waals surface area (Å²) < 4.78 is 20.2. The normalized spacial score (nSPS) is 13.2. The van der Waals surface area contributed by atoms with Crippen LogP contribution in [-0.2, 0) is 31.0 Å². The van der Waals surface area contributed by atoms with Gasteiger partial charge in [-0.05, 0) is 68.3 Å².